The molecule has 0 unspecified atom stereocenters. The summed E-state index contributed by atoms with van der Waals surface area (Å²) in [6, 6.07) is 103. The van der Waals surface area contributed by atoms with Gasteiger partial charge in [-0.05, 0) is 130 Å². The number of nitrogens with zero attached hydrogens (tertiary/aromatic N) is 3. The van der Waals surface area contributed by atoms with Crippen LogP contribution in [0.5, 0.6) is 0 Å². The molecule has 0 N–H and O–H groups in total. The molecule has 15 aromatic rings. The van der Waals surface area contributed by atoms with E-state index in [0.29, 0.717) is 0 Å². The highest BCUT2D eigenvalue weighted by molar-refractivity contribution is 6.12. The normalized spacial score (nSPS) is 11.7. The lowest BCUT2D eigenvalue weighted by Gasteiger charge is -2.26. The van der Waals surface area contributed by atoms with Crippen LogP contribution in [-0.2, 0) is 0 Å². The summed E-state index contributed by atoms with van der Waals surface area (Å²) in [6.07, 6.45) is 0. The minimum absolute atomic E-state index is 0.899. The fourth-order valence-electron chi connectivity index (χ4n) is 11.7. The van der Waals surface area contributed by atoms with E-state index >= 15 is 0 Å². The topological polar surface area (TPSA) is 26.2 Å². The van der Waals surface area contributed by atoms with E-state index in [4.69, 9.17) is 4.42 Å². The number of para-hydroxylation sites is 6. The third-order valence-corrected chi connectivity index (χ3v) is 15.4. The van der Waals surface area contributed by atoms with Gasteiger partial charge in [-0.15, -0.1) is 0 Å². The van der Waals surface area contributed by atoms with Gasteiger partial charge in [-0.2, -0.15) is 0 Å². The molecule has 15 rings (SSSR count). The number of benzene rings is 12. The summed E-state index contributed by atoms with van der Waals surface area (Å²) in [5, 5.41) is 7.29. The number of aromatic nitrogens is 2. The second-order valence-corrected chi connectivity index (χ2v) is 19.7. The molecule has 0 fully saturated rings. The lowest BCUT2D eigenvalue weighted by atomic mass is 9.99. The molecule has 12 aromatic carbocycles. The summed E-state index contributed by atoms with van der Waals surface area (Å²) in [6.45, 7) is 0. The quantitative estimate of drug-likeness (QED) is 0.144. The SMILES string of the molecule is c1ccc(-n2c3ccccc3c3ccc(-c4ccc(-c5ccc(N(c6ccc(-c7ccc(-n8c9ccccc9c9ccccc98)cc7)cc6)c6ccc(-c7cccc8c7oc7ccccc78)cc6)cc5)cc4)cc32)cc1. The fourth-order valence-corrected chi connectivity index (χ4v) is 11.7. The highest BCUT2D eigenvalue weighted by atomic mass is 16.3. The minimum atomic E-state index is 0.899. The average molecular weight is 970 g/mol. The van der Waals surface area contributed by atoms with E-state index in [2.05, 4.69) is 287 Å². The predicted molar refractivity (Wildman–Crippen MR) is 319 cm³/mol. The van der Waals surface area contributed by atoms with Gasteiger partial charge in [0.15, 0.2) is 0 Å². The average Bonchev–Trinajstić information content (AvgIpc) is 4.16. The summed E-state index contributed by atoms with van der Waals surface area (Å²) in [5.74, 6) is 0. The second kappa shape index (κ2) is 17.8. The zero-order chi connectivity index (χ0) is 50.1. The number of anilines is 3. The Bertz CT molecular complexity index is 4590. The Balaban J connectivity index is 0.758. The maximum atomic E-state index is 6.47. The van der Waals surface area contributed by atoms with Gasteiger partial charge in [-0.1, -0.05) is 194 Å². The van der Waals surface area contributed by atoms with Crippen molar-refractivity contribution in [2.45, 2.75) is 0 Å². The van der Waals surface area contributed by atoms with Gasteiger partial charge in [-0.3, -0.25) is 0 Å². The van der Waals surface area contributed by atoms with Gasteiger partial charge in [0.1, 0.15) is 11.2 Å². The van der Waals surface area contributed by atoms with Gasteiger partial charge in [0, 0.05) is 66.3 Å². The molecule has 0 aliphatic rings. The molecule has 0 spiro atoms. The molecule has 4 heteroatoms. The monoisotopic (exact) mass is 969 g/mol. The van der Waals surface area contributed by atoms with E-state index < -0.39 is 0 Å². The summed E-state index contributed by atoms with van der Waals surface area (Å²) in [7, 11) is 0. The molecule has 0 atom stereocenters. The van der Waals surface area contributed by atoms with Crippen LogP contribution in [0.4, 0.5) is 17.1 Å². The van der Waals surface area contributed by atoms with Gasteiger partial charge in [0.05, 0.1) is 22.1 Å². The van der Waals surface area contributed by atoms with Crippen molar-refractivity contribution in [1.29, 1.82) is 0 Å². The van der Waals surface area contributed by atoms with Crippen LogP contribution >= 0.6 is 0 Å². The number of hydrogen-bond acceptors (Lipinski definition) is 2. The van der Waals surface area contributed by atoms with Gasteiger partial charge < -0.3 is 18.5 Å². The lowest BCUT2D eigenvalue weighted by molar-refractivity contribution is 0.670. The summed E-state index contributed by atoms with van der Waals surface area (Å²) in [5.41, 5.74) is 21.3. The van der Waals surface area contributed by atoms with Crippen LogP contribution in [0.1, 0.15) is 0 Å². The minimum Gasteiger partial charge on any atom is -0.455 e. The second-order valence-electron chi connectivity index (χ2n) is 19.7. The smallest absolute Gasteiger partial charge is 0.143 e. The molecular weight excluding hydrogens is 923 g/mol. The standard InChI is InChI=1S/C72H47N3O/c1-2-13-55(14-3-1)75-69-23-10-6-17-63(69)64-46-37-54(47-70(64)75)52-27-25-48(26-28-52)49-29-38-56(39-30-49)73(58-44-35-53(36-45-58)60-19-12-20-66-65-18-7-11-24-71(65)76-72(60)66)57-40-31-50(32-41-57)51-33-42-59(43-34-51)74-67-21-8-4-15-61(67)62-16-5-9-22-68(62)74/h1-47H. The first kappa shape index (κ1) is 43.4. The zero-order valence-electron chi connectivity index (χ0n) is 41.4. The number of furan rings is 1. The number of hydrogen-bond donors (Lipinski definition) is 0. The fraction of sp³-hybridized carbons (Fsp3) is 0. The molecule has 3 heterocycles. The van der Waals surface area contributed by atoms with E-state index in [-0.39, 0.29) is 0 Å². The Kier molecular flexibility index (Phi) is 10.2. The molecule has 0 saturated carbocycles. The maximum absolute atomic E-state index is 6.47. The Morgan fingerprint density at radius 2 is 0.632 bits per heavy atom. The van der Waals surface area contributed by atoms with E-state index in [1.165, 1.54) is 60.3 Å². The van der Waals surface area contributed by atoms with Crippen molar-refractivity contribution in [3.05, 3.63) is 285 Å². The van der Waals surface area contributed by atoms with Crippen LogP contribution in [0, 0.1) is 0 Å². The maximum Gasteiger partial charge on any atom is 0.143 e. The summed E-state index contributed by atoms with van der Waals surface area (Å²) in [4.78, 5) is 2.35. The Morgan fingerprint density at radius 3 is 1.18 bits per heavy atom. The van der Waals surface area contributed by atoms with Crippen LogP contribution in [0.2, 0.25) is 0 Å². The molecule has 356 valence electrons. The summed E-state index contributed by atoms with van der Waals surface area (Å²) < 4.78 is 11.2. The Hall–Kier alpha value is -10.2. The van der Waals surface area contributed by atoms with Crippen molar-refractivity contribution in [3.8, 4) is 55.9 Å². The van der Waals surface area contributed by atoms with Gasteiger partial charge in [-0.25, -0.2) is 0 Å². The van der Waals surface area contributed by atoms with E-state index in [9.17, 15) is 0 Å². The Labute approximate surface area is 439 Å². The molecule has 0 bridgehead atoms. The molecule has 4 nitrogen and oxygen atoms in total. The molecule has 0 aliphatic carbocycles. The van der Waals surface area contributed by atoms with Gasteiger partial charge in [0.25, 0.3) is 0 Å². The molecule has 76 heavy (non-hydrogen) atoms. The van der Waals surface area contributed by atoms with E-state index in [1.54, 1.807) is 0 Å². The first-order chi connectivity index (χ1) is 37.7. The van der Waals surface area contributed by atoms with Crippen molar-refractivity contribution < 1.29 is 4.42 Å². The molecular formula is C72H47N3O. The van der Waals surface area contributed by atoms with E-state index in [1.807, 2.05) is 12.1 Å². The molecule has 0 saturated heterocycles. The first-order valence-corrected chi connectivity index (χ1v) is 26.0. The van der Waals surface area contributed by atoms with Crippen molar-refractivity contribution >= 4 is 82.6 Å². The highest BCUT2D eigenvalue weighted by Crippen LogP contribution is 2.42. The van der Waals surface area contributed by atoms with Crippen molar-refractivity contribution in [2.75, 3.05) is 4.90 Å². The lowest BCUT2D eigenvalue weighted by Crippen LogP contribution is -2.09. The molecule has 0 aliphatic heterocycles. The van der Waals surface area contributed by atoms with Gasteiger partial charge in [0.2, 0.25) is 0 Å². The Morgan fingerprint density at radius 1 is 0.250 bits per heavy atom. The molecule has 3 aromatic heterocycles. The third kappa shape index (κ3) is 7.22. The first-order valence-electron chi connectivity index (χ1n) is 26.0. The zero-order valence-corrected chi connectivity index (χ0v) is 41.4. The van der Waals surface area contributed by atoms with E-state index in [0.717, 1.165) is 78.2 Å². The number of rotatable bonds is 9. The number of fused-ring (bicyclic) bond motifs is 9. The predicted octanol–water partition coefficient (Wildman–Crippen LogP) is 19.9. The highest BCUT2D eigenvalue weighted by Gasteiger charge is 2.18. The van der Waals surface area contributed by atoms with Crippen LogP contribution < -0.4 is 4.90 Å². The van der Waals surface area contributed by atoms with Crippen LogP contribution in [-0.4, -0.2) is 9.13 Å². The van der Waals surface area contributed by atoms with Crippen molar-refractivity contribution in [2.24, 2.45) is 0 Å². The van der Waals surface area contributed by atoms with Crippen molar-refractivity contribution in [3.63, 3.8) is 0 Å². The third-order valence-electron chi connectivity index (χ3n) is 15.4. The molecule has 0 radical (unpaired) electrons. The summed E-state index contributed by atoms with van der Waals surface area (Å²) >= 11 is 0. The largest absolute Gasteiger partial charge is 0.455 e. The van der Waals surface area contributed by atoms with Gasteiger partial charge >= 0.3 is 0 Å². The van der Waals surface area contributed by atoms with Crippen LogP contribution in [0.25, 0.3) is 121 Å². The van der Waals surface area contributed by atoms with Crippen LogP contribution in [0.15, 0.2) is 290 Å². The van der Waals surface area contributed by atoms with Crippen LogP contribution in [0.3, 0.4) is 0 Å². The molecule has 0 amide bonds. The van der Waals surface area contributed by atoms with Crippen molar-refractivity contribution in [1.82, 2.24) is 9.13 Å².